The molecule has 1 fully saturated rings. The number of nitrogen functional groups attached to an aromatic ring is 1. The summed E-state index contributed by atoms with van der Waals surface area (Å²) in [7, 11) is 0. The molecule has 3 N–H and O–H groups in total. The third-order valence-corrected chi connectivity index (χ3v) is 6.32. The molecule has 1 aliphatic heterocycles. The predicted octanol–water partition coefficient (Wildman–Crippen LogP) is 3.74. The summed E-state index contributed by atoms with van der Waals surface area (Å²) in [5.41, 5.74) is 7.93. The number of anilines is 2. The van der Waals surface area contributed by atoms with Crippen LogP contribution in [0.1, 0.15) is 18.4 Å². The highest BCUT2D eigenvalue weighted by Gasteiger charge is 2.23. The number of hydrogen-bond donors (Lipinski definition) is 2. The van der Waals surface area contributed by atoms with Crippen LogP contribution in [0.3, 0.4) is 0 Å². The first-order chi connectivity index (χ1) is 14.5. The maximum Gasteiger partial charge on any atom is 0.262 e. The number of benzene rings is 2. The van der Waals surface area contributed by atoms with Crippen LogP contribution in [0, 0.1) is 5.92 Å². The first kappa shape index (κ1) is 21.0. The van der Waals surface area contributed by atoms with Gasteiger partial charge in [-0.1, -0.05) is 29.3 Å². The lowest BCUT2D eigenvalue weighted by Gasteiger charge is -2.33. The fourth-order valence-corrected chi connectivity index (χ4v) is 4.44. The smallest absolute Gasteiger partial charge is 0.262 e. The molecule has 1 saturated heterocycles. The molecule has 0 atom stereocenters. The topological polar surface area (TPSA) is 84.4 Å². The molecule has 0 amide bonds. The molecule has 1 aliphatic rings. The first-order valence-electron chi connectivity index (χ1n) is 10.1. The van der Waals surface area contributed by atoms with Gasteiger partial charge >= 0.3 is 0 Å². The van der Waals surface area contributed by atoms with Gasteiger partial charge in [0.1, 0.15) is 0 Å². The second-order valence-electron chi connectivity index (χ2n) is 7.74. The van der Waals surface area contributed by atoms with Gasteiger partial charge in [0.15, 0.2) is 0 Å². The summed E-state index contributed by atoms with van der Waals surface area (Å²) in [5.74, 6) is 0.935. The van der Waals surface area contributed by atoms with Crippen molar-refractivity contribution in [3.8, 4) is 0 Å². The van der Waals surface area contributed by atoms with E-state index in [9.17, 15) is 9.90 Å². The van der Waals surface area contributed by atoms with Gasteiger partial charge < -0.3 is 15.7 Å². The number of aromatic nitrogens is 2. The van der Waals surface area contributed by atoms with Crippen molar-refractivity contribution in [1.29, 1.82) is 0 Å². The van der Waals surface area contributed by atoms with Gasteiger partial charge in [0.2, 0.25) is 5.95 Å². The third kappa shape index (κ3) is 4.26. The molecule has 0 saturated carbocycles. The van der Waals surface area contributed by atoms with Crippen LogP contribution in [0.5, 0.6) is 0 Å². The molecule has 0 spiro atoms. The van der Waals surface area contributed by atoms with E-state index >= 15 is 0 Å². The van der Waals surface area contributed by atoms with Gasteiger partial charge in [0.05, 0.1) is 10.9 Å². The number of aliphatic hydroxyl groups is 1. The van der Waals surface area contributed by atoms with Crippen molar-refractivity contribution in [1.82, 2.24) is 9.55 Å². The summed E-state index contributed by atoms with van der Waals surface area (Å²) in [6.07, 6.45) is 2.31. The Hall–Kier alpha value is -2.28. The fourth-order valence-electron chi connectivity index (χ4n) is 3.94. The van der Waals surface area contributed by atoms with Crippen LogP contribution in [0.25, 0.3) is 10.9 Å². The van der Waals surface area contributed by atoms with E-state index in [2.05, 4.69) is 4.90 Å². The molecular formula is C22H24Cl2N4O2. The lowest BCUT2D eigenvalue weighted by molar-refractivity contribution is 0.202. The Bertz CT molecular complexity index is 1120. The van der Waals surface area contributed by atoms with Crippen molar-refractivity contribution in [3.05, 3.63) is 62.4 Å². The Morgan fingerprint density at radius 2 is 1.90 bits per heavy atom. The molecule has 1 aromatic heterocycles. The van der Waals surface area contributed by atoms with Gasteiger partial charge in [-0.3, -0.25) is 9.36 Å². The van der Waals surface area contributed by atoms with Crippen molar-refractivity contribution in [2.75, 3.05) is 30.3 Å². The molecule has 4 rings (SSSR count). The van der Waals surface area contributed by atoms with Gasteiger partial charge in [-0.15, -0.1) is 0 Å². The average molecular weight is 447 g/mol. The van der Waals surface area contributed by atoms with Crippen molar-refractivity contribution in [3.63, 3.8) is 0 Å². The van der Waals surface area contributed by atoms with Crippen LogP contribution in [-0.2, 0) is 13.0 Å². The average Bonchev–Trinajstić information content (AvgIpc) is 2.74. The van der Waals surface area contributed by atoms with E-state index in [1.165, 1.54) is 0 Å². The van der Waals surface area contributed by atoms with Crippen LogP contribution in [-0.4, -0.2) is 34.4 Å². The highest BCUT2D eigenvalue weighted by molar-refractivity contribution is 6.35. The second-order valence-corrected chi connectivity index (χ2v) is 8.59. The van der Waals surface area contributed by atoms with E-state index in [1.807, 2.05) is 6.07 Å². The zero-order valence-corrected chi connectivity index (χ0v) is 18.0. The largest absolute Gasteiger partial charge is 0.399 e. The molecule has 0 unspecified atom stereocenters. The number of rotatable bonds is 5. The van der Waals surface area contributed by atoms with E-state index in [0.717, 1.165) is 31.5 Å². The molecule has 6 nitrogen and oxygen atoms in total. The van der Waals surface area contributed by atoms with Crippen molar-refractivity contribution >= 4 is 45.7 Å². The number of aliphatic hydroxyl groups excluding tert-OH is 1. The summed E-state index contributed by atoms with van der Waals surface area (Å²) in [6.45, 7) is 2.13. The molecule has 2 aromatic carbocycles. The summed E-state index contributed by atoms with van der Waals surface area (Å²) in [5, 5.41) is 11.2. The lowest BCUT2D eigenvalue weighted by Crippen LogP contribution is -2.39. The highest BCUT2D eigenvalue weighted by atomic mass is 35.5. The summed E-state index contributed by atoms with van der Waals surface area (Å²) in [4.78, 5) is 20.3. The molecule has 30 heavy (non-hydrogen) atoms. The third-order valence-electron chi connectivity index (χ3n) is 5.73. The Labute approximate surface area is 184 Å². The minimum absolute atomic E-state index is 0.0932. The van der Waals surface area contributed by atoms with Gasteiger partial charge in [-0.25, -0.2) is 4.98 Å². The van der Waals surface area contributed by atoms with E-state index < -0.39 is 0 Å². The predicted molar refractivity (Wildman–Crippen MR) is 123 cm³/mol. The molecule has 0 bridgehead atoms. The van der Waals surface area contributed by atoms with Crippen molar-refractivity contribution in [2.24, 2.45) is 5.92 Å². The molecule has 8 heteroatoms. The van der Waals surface area contributed by atoms with Gasteiger partial charge in [-0.2, -0.15) is 0 Å². The zero-order chi connectivity index (χ0) is 21.3. The molecule has 0 aliphatic carbocycles. The van der Waals surface area contributed by atoms with E-state index in [-0.39, 0.29) is 12.2 Å². The first-order valence-corrected chi connectivity index (χ1v) is 10.8. The second kappa shape index (κ2) is 8.84. The number of piperidine rings is 1. The van der Waals surface area contributed by atoms with E-state index in [0.29, 0.717) is 51.5 Å². The van der Waals surface area contributed by atoms with Gasteiger partial charge in [-0.05, 0) is 61.1 Å². The Balaban J connectivity index is 1.73. The maximum absolute atomic E-state index is 13.3. The van der Waals surface area contributed by atoms with Crippen LogP contribution in [0.4, 0.5) is 11.6 Å². The number of hydrogen-bond acceptors (Lipinski definition) is 5. The number of nitrogens with zero attached hydrogens (tertiary/aromatic N) is 3. The summed E-state index contributed by atoms with van der Waals surface area (Å²) in [6, 6.07) is 10.6. The van der Waals surface area contributed by atoms with Gasteiger partial charge in [0.25, 0.3) is 5.56 Å². The lowest BCUT2D eigenvalue weighted by atomic mass is 9.98. The summed E-state index contributed by atoms with van der Waals surface area (Å²) < 4.78 is 1.72. The molecule has 158 valence electrons. The maximum atomic E-state index is 13.3. The minimum atomic E-state index is -0.0932. The number of aryl methyl sites for hydroxylation is 1. The van der Waals surface area contributed by atoms with E-state index in [4.69, 9.17) is 33.9 Å². The van der Waals surface area contributed by atoms with Crippen LogP contribution < -0.4 is 16.2 Å². The highest BCUT2D eigenvalue weighted by Crippen LogP contribution is 2.25. The SMILES string of the molecule is Nc1ccc2c(=O)n(CCc3ccc(Cl)cc3Cl)c(N3CCC(CO)CC3)nc2c1. The number of halogens is 2. The monoisotopic (exact) mass is 446 g/mol. The van der Waals surface area contributed by atoms with Crippen molar-refractivity contribution in [2.45, 2.75) is 25.8 Å². The Kier molecular flexibility index (Phi) is 6.18. The minimum Gasteiger partial charge on any atom is -0.399 e. The summed E-state index contributed by atoms with van der Waals surface area (Å²) >= 11 is 12.3. The zero-order valence-electron chi connectivity index (χ0n) is 16.5. The standard InChI is InChI=1S/C22H24Cl2N4O2/c23-16-2-1-15(19(24)11-16)7-10-28-21(30)18-4-3-17(25)12-20(18)26-22(28)27-8-5-14(13-29)6-9-27/h1-4,11-12,14,29H,5-10,13,25H2. The number of fused-ring (bicyclic) bond motifs is 1. The molecule has 2 heterocycles. The quantitative estimate of drug-likeness (QED) is 0.583. The Morgan fingerprint density at radius 1 is 1.13 bits per heavy atom. The molecule has 0 radical (unpaired) electrons. The van der Waals surface area contributed by atoms with Crippen LogP contribution in [0.2, 0.25) is 10.0 Å². The molecule has 3 aromatic rings. The number of nitrogens with two attached hydrogens (primary N) is 1. The fraction of sp³-hybridized carbons (Fsp3) is 0.364. The Morgan fingerprint density at radius 3 is 2.60 bits per heavy atom. The van der Waals surface area contributed by atoms with Crippen molar-refractivity contribution < 1.29 is 5.11 Å². The van der Waals surface area contributed by atoms with Crippen LogP contribution >= 0.6 is 23.2 Å². The van der Waals surface area contributed by atoms with E-state index in [1.54, 1.807) is 34.9 Å². The van der Waals surface area contributed by atoms with Gasteiger partial charge in [0, 0.05) is 42.0 Å². The molecular weight excluding hydrogens is 423 g/mol. The van der Waals surface area contributed by atoms with Crippen LogP contribution in [0.15, 0.2) is 41.2 Å². The normalized spacial score (nSPS) is 15.1.